The van der Waals surface area contributed by atoms with E-state index < -0.39 is 12.2 Å². The van der Waals surface area contributed by atoms with E-state index in [2.05, 4.69) is 27.5 Å². The summed E-state index contributed by atoms with van der Waals surface area (Å²) < 4.78 is 29.2. The highest BCUT2D eigenvalue weighted by Crippen LogP contribution is 2.27. The Labute approximate surface area is 260 Å². The molecule has 10 nitrogen and oxygen atoms in total. The Bertz CT molecular complexity index is 1910. The molecule has 0 amide bonds. The standard InChI is InChI=1S/C34H35FN6O4/c1-5-9-29-27(32(42)40(33-36-20-37-41(29)33)24-16-17-30(28(35)19-24)44-21(3)4)18-22-12-14-23(15-13-22)25-10-7-8-11-26(25)31-38-34(43-6-2)45-39-31/h7-8,10-17,19-21,34H,5-6,9,18H2,1-4H3,(H,38,39). The Morgan fingerprint density at radius 3 is 2.53 bits per heavy atom. The van der Waals surface area contributed by atoms with E-state index in [0.29, 0.717) is 42.3 Å². The van der Waals surface area contributed by atoms with Gasteiger partial charge in [-0.05, 0) is 56.0 Å². The van der Waals surface area contributed by atoms with Gasteiger partial charge in [0.2, 0.25) is 5.78 Å². The third-order valence-corrected chi connectivity index (χ3v) is 7.45. The normalized spacial score (nSPS) is 14.6. The largest absolute Gasteiger partial charge is 0.488 e. The second kappa shape index (κ2) is 13.0. The van der Waals surface area contributed by atoms with Crippen molar-refractivity contribution < 1.29 is 18.7 Å². The van der Waals surface area contributed by atoms with Gasteiger partial charge >= 0.3 is 0 Å². The molecule has 2 aromatic heterocycles. The number of fused-ring (bicyclic) bond motifs is 1. The summed E-state index contributed by atoms with van der Waals surface area (Å²) in [5.74, 6) is 0.495. The lowest BCUT2D eigenvalue weighted by Gasteiger charge is -2.17. The SMILES string of the molecule is CCCc1c(Cc2ccc(-c3ccccc3C3=NC(OCC)ON3)cc2)c(=O)n(-c2ccc(OC(C)C)c(F)c2)c2ncnn12. The van der Waals surface area contributed by atoms with E-state index in [9.17, 15) is 4.79 Å². The average molecular weight is 611 g/mol. The van der Waals surface area contributed by atoms with Crippen LogP contribution in [0.2, 0.25) is 0 Å². The second-order valence-corrected chi connectivity index (χ2v) is 10.9. The molecule has 1 unspecified atom stereocenters. The Hall–Kier alpha value is -4.87. The van der Waals surface area contributed by atoms with Gasteiger partial charge in [0.15, 0.2) is 17.4 Å². The molecule has 0 bridgehead atoms. The number of nitrogens with zero attached hydrogens (tertiary/aromatic N) is 5. The number of hydrogen-bond donors (Lipinski definition) is 1. The minimum absolute atomic E-state index is 0.126. The monoisotopic (exact) mass is 610 g/mol. The highest BCUT2D eigenvalue weighted by molar-refractivity contribution is 6.04. The van der Waals surface area contributed by atoms with Crippen LogP contribution in [0.25, 0.3) is 22.6 Å². The minimum Gasteiger partial charge on any atom is -0.488 e. The molecular formula is C34H35FN6O4. The van der Waals surface area contributed by atoms with E-state index in [1.807, 2.05) is 69.3 Å². The van der Waals surface area contributed by atoms with Gasteiger partial charge < -0.3 is 9.47 Å². The summed E-state index contributed by atoms with van der Waals surface area (Å²) in [5, 5.41) is 4.46. The first-order valence-electron chi connectivity index (χ1n) is 15.1. The number of aliphatic imine (C=N–C) groups is 1. The quantitative estimate of drug-likeness (QED) is 0.207. The van der Waals surface area contributed by atoms with Crippen LogP contribution in [0.4, 0.5) is 4.39 Å². The number of benzene rings is 3. The fourth-order valence-corrected chi connectivity index (χ4v) is 5.49. The van der Waals surface area contributed by atoms with Crippen molar-refractivity contribution in [2.24, 2.45) is 4.99 Å². The van der Waals surface area contributed by atoms with Crippen molar-refractivity contribution in [3.8, 4) is 22.6 Å². The molecule has 1 atom stereocenters. The zero-order chi connectivity index (χ0) is 31.5. The minimum atomic E-state index is -0.688. The molecule has 0 saturated carbocycles. The van der Waals surface area contributed by atoms with Crippen LogP contribution >= 0.6 is 0 Å². The van der Waals surface area contributed by atoms with Gasteiger partial charge in [0, 0.05) is 30.2 Å². The third kappa shape index (κ3) is 6.09. The van der Waals surface area contributed by atoms with Crippen molar-refractivity contribution in [3.63, 3.8) is 0 Å². The zero-order valence-electron chi connectivity index (χ0n) is 25.7. The number of hydroxylamine groups is 1. The van der Waals surface area contributed by atoms with Gasteiger partial charge in [-0.2, -0.15) is 10.1 Å². The summed E-state index contributed by atoms with van der Waals surface area (Å²) in [4.78, 5) is 28.5. The maximum absolute atomic E-state index is 15.1. The Morgan fingerprint density at radius 2 is 1.82 bits per heavy atom. The fraction of sp³-hybridized carbons (Fsp3) is 0.294. The van der Waals surface area contributed by atoms with E-state index in [1.165, 1.54) is 23.0 Å². The number of amidine groups is 1. The second-order valence-electron chi connectivity index (χ2n) is 10.9. The number of aromatic nitrogens is 4. The summed E-state index contributed by atoms with van der Waals surface area (Å²) >= 11 is 0. The first-order valence-corrected chi connectivity index (χ1v) is 15.1. The molecule has 232 valence electrons. The summed E-state index contributed by atoms with van der Waals surface area (Å²) in [6, 6.07) is 20.5. The van der Waals surface area contributed by atoms with Crippen LogP contribution in [0.1, 0.15) is 56.5 Å². The van der Waals surface area contributed by atoms with Crippen molar-refractivity contribution in [1.82, 2.24) is 24.6 Å². The van der Waals surface area contributed by atoms with Crippen LogP contribution in [-0.4, -0.2) is 44.1 Å². The van der Waals surface area contributed by atoms with E-state index >= 15 is 4.39 Å². The van der Waals surface area contributed by atoms with Crippen molar-refractivity contribution in [1.29, 1.82) is 0 Å². The summed E-state index contributed by atoms with van der Waals surface area (Å²) in [6.45, 7) is 8.08. The van der Waals surface area contributed by atoms with Crippen molar-refractivity contribution >= 4 is 11.6 Å². The van der Waals surface area contributed by atoms with Gasteiger partial charge in [0.25, 0.3) is 12.0 Å². The molecule has 0 spiro atoms. The maximum Gasteiger partial charge on any atom is 0.282 e. The van der Waals surface area contributed by atoms with E-state index in [-0.39, 0.29) is 17.4 Å². The van der Waals surface area contributed by atoms with Crippen LogP contribution in [0.5, 0.6) is 5.75 Å². The molecule has 3 aromatic carbocycles. The number of aryl methyl sites for hydroxylation is 1. The average Bonchev–Trinajstić information content (AvgIpc) is 3.71. The van der Waals surface area contributed by atoms with Crippen molar-refractivity contribution in [3.05, 3.63) is 112 Å². The van der Waals surface area contributed by atoms with Gasteiger partial charge in [-0.25, -0.2) is 28.8 Å². The third-order valence-electron chi connectivity index (χ3n) is 7.45. The van der Waals surface area contributed by atoms with E-state index in [0.717, 1.165) is 34.4 Å². The van der Waals surface area contributed by atoms with Crippen LogP contribution in [0.3, 0.4) is 0 Å². The number of rotatable bonds is 11. The van der Waals surface area contributed by atoms with Gasteiger partial charge in [0.1, 0.15) is 6.33 Å². The van der Waals surface area contributed by atoms with Gasteiger partial charge in [-0.15, -0.1) is 0 Å². The highest BCUT2D eigenvalue weighted by Gasteiger charge is 2.23. The molecule has 1 aliphatic heterocycles. The summed E-state index contributed by atoms with van der Waals surface area (Å²) in [5.41, 5.74) is 8.11. The zero-order valence-corrected chi connectivity index (χ0v) is 25.7. The van der Waals surface area contributed by atoms with Gasteiger partial charge in [-0.1, -0.05) is 61.9 Å². The summed E-state index contributed by atoms with van der Waals surface area (Å²) in [6.07, 6.45) is 2.34. The molecular weight excluding hydrogens is 575 g/mol. The molecule has 45 heavy (non-hydrogen) atoms. The number of nitrogens with one attached hydrogen (secondary N) is 1. The molecule has 0 radical (unpaired) electrons. The fourth-order valence-electron chi connectivity index (χ4n) is 5.49. The lowest BCUT2D eigenvalue weighted by atomic mass is 9.96. The molecule has 1 N–H and O–H groups in total. The highest BCUT2D eigenvalue weighted by atomic mass is 19.1. The maximum atomic E-state index is 15.1. The van der Waals surface area contributed by atoms with E-state index in [1.54, 1.807) is 10.6 Å². The topological polar surface area (TPSA) is 104 Å². The molecule has 1 aliphatic rings. The Balaban J connectivity index is 1.37. The van der Waals surface area contributed by atoms with Crippen LogP contribution < -0.4 is 15.8 Å². The lowest BCUT2D eigenvalue weighted by molar-refractivity contribution is -0.140. The Kier molecular flexibility index (Phi) is 8.72. The first-order chi connectivity index (χ1) is 21.9. The smallest absolute Gasteiger partial charge is 0.282 e. The van der Waals surface area contributed by atoms with Crippen molar-refractivity contribution in [2.75, 3.05) is 6.61 Å². The van der Waals surface area contributed by atoms with Gasteiger partial charge in [-0.3, -0.25) is 4.79 Å². The predicted octanol–water partition coefficient (Wildman–Crippen LogP) is 5.62. The molecule has 0 aliphatic carbocycles. The Morgan fingerprint density at radius 1 is 1.04 bits per heavy atom. The van der Waals surface area contributed by atoms with E-state index in [4.69, 9.17) is 14.3 Å². The number of ether oxygens (including phenoxy) is 2. The molecule has 11 heteroatoms. The van der Waals surface area contributed by atoms with Crippen LogP contribution in [-0.2, 0) is 22.4 Å². The van der Waals surface area contributed by atoms with Gasteiger partial charge in [0.05, 0.1) is 17.5 Å². The molecule has 3 heterocycles. The first kappa shape index (κ1) is 30.2. The number of halogens is 1. The molecule has 6 rings (SSSR count). The van der Waals surface area contributed by atoms with Crippen molar-refractivity contribution in [2.45, 2.75) is 59.5 Å². The number of hydrogen-bond acceptors (Lipinski definition) is 8. The predicted molar refractivity (Wildman–Crippen MR) is 169 cm³/mol. The van der Waals surface area contributed by atoms with Crippen LogP contribution in [0, 0.1) is 5.82 Å². The van der Waals surface area contributed by atoms with Crippen LogP contribution in [0.15, 0.2) is 82.8 Å². The molecule has 0 fully saturated rings. The molecule has 0 saturated heterocycles. The summed E-state index contributed by atoms with van der Waals surface area (Å²) in [7, 11) is 0. The molecule has 5 aromatic rings. The lowest BCUT2D eigenvalue weighted by Crippen LogP contribution is -2.28.